The lowest BCUT2D eigenvalue weighted by molar-refractivity contribution is 0.519. The fourth-order valence-corrected chi connectivity index (χ4v) is 3.65. The molecule has 0 radical (unpaired) electrons. The molecular weight excluding hydrogens is 340 g/mol. The first-order valence-electron chi connectivity index (χ1n) is 8.64. The minimum atomic E-state index is 0.169. The van der Waals surface area contributed by atoms with Gasteiger partial charge in [0.05, 0.1) is 22.8 Å². The highest BCUT2D eigenvalue weighted by atomic mass is 32.1. The van der Waals surface area contributed by atoms with Gasteiger partial charge < -0.3 is 5.32 Å². The van der Waals surface area contributed by atoms with Crippen LogP contribution in [0.5, 0.6) is 0 Å². The molecule has 0 fully saturated rings. The first kappa shape index (κ1) is 16.8. The number of benzene rings is 1. The van der Waals surface area contributed by atoms with Crippen molar-refractivity contribution < 1.29 is 0 Å². The van der Waals surface area contributed by atoms with E-state index in [2.05, 4.69) is 68.3 Å². The lowest BCUT2D eigenvalue weighted by atomic mass is 10.0. The molecule has 1 atom stereocenters. The van der Waals surface area contributed by atoms with Crippen molar-refractivity contribution in [2.24, 2.45) is 0 Å². The molecule has 3 heterocycles. The van der Waals surface area contributed by atoms with Gasteiger partial charge in [-0.1, -0.05) is 12.1 Å². The number of aryl methyl sites for hydroxylation is 1. The van der Waals surface area contributed by atoms with Gasteiger partial charge >= 0.3 is 0 Å². The van der Waals surface area contributed by atoms with E-state index < -0.39 is 0 Å². The van der Waals surface area contributed by atoms with Crippen LogP contribution >= 0.6 is 11.3 Å². The van der Waals surface area contributed by atoms with Gasteiger partial charge in [0.2, 0.25) is 0 Å². The third-order valence-electron chi connectivity index (χ3n) is 4.40. The van der Waals surface area contributed by atoms with E-state index in [1.165, 1.54) is 16.7 Å². The maximum absolute atomic E-state index is 4.64. The van der Waals surface area contributed by atoms with Crippen molar-refractivity contribution in [1.82, 2.24) is 20.3 Å². The smallest absolute Gasteiger partial charge is 0.0890 e. The van der Waals surface area contributed by atoms with Crippen LogP contribution in [0.25, 0.3) is 11.0 Å². The Labute approximate surface area is 157 Å². The van der Waals surface area contributed by atoms with Gasteiger partial charge in [-0.15, -0.1) is 0 Å². The Hall–Kier alpha value is -2.63. The Morgan fingerprint density at radius 2 is 1.85 bits per heavy atom. The molecular formula is C21H20N4S. The first-order valence-corrected chi connectivity index (χ1v) is 9.59. The Morgan fingerprint density at radius 1 is 0.962 bits per heavy atom. The predicted octanol–water partition coefficient (Wildman–Crippen LogP) is 4.47. The highest BCUT2D eigenvalue weighted by Crippen LogP contribution is 2.20. The molecule has 0 spiro atoms. The third-order valence-corrected chi connectivity index (χ3v) is 5.13. The van der Waals surface area contributed by atoms with Crippen LogP contribution in [0.2, 0.25) is 0 Å². The van der Waals surface area contributed by atoms with Gasteiger partial charge in [-0.25, -0.2) is 0 Å². The minimum Gasteiger partial charge on any atom is -0.304 e. The quantitative estimate of drug-likeness (QED) is 0.551. The summed E-state index contributed by atoms with van der Waals surface area (Å²) in [7, 11) is 0. The molecule has 26 heavy (non-hydrogen) atoms. The molecule has 1 N–H and O–H groups in total. The van der Waals surface area contributed by atoms with E-state index in [-0.39, 0.29) is 6.04 Å². The molecule has 4 nitrogen and oxygen atoms in total. The van der Waals surface area contributed by atoms with E-state index in [4.69, 9.17) is 0 Å². The first-order chi connectivity index (χ1) is 12.8. The number of aromatic nitrogens is 3. The summed E-state index contributed by atoms with van der Waals surface area (Å²) in [5.41, 5.74) is 6.62. The lowest BCUT2D eigenvalue weighted by Gasteiger charge is -2.18. The van der Waals surface area contributed by atoms with Gasteiger partial charge in [-0.05, 0) is 65.1 Å². The second-order valence-electron chi connectivity index (χ2n) is 6.41. The van der Waals surface area contributed by atoms with E-state index in [0.29, 0.717) is 0 Å². The van der Waals surface area contributed by atoms with E-state index in [1.807, 2.05) is 12.3 Å². The fraction of sp³-hybridized carbons (Fsp3) is 0.190. The Kier molecular flexibility index (Phi) is 5.00. The zero-order valence-electron chi connectivity index (χ0n) is 14.6. The number of pyridine rings is 1. The maximum atomic E-state index is 4.64. The molecule has 4 aromatic rings. The molecule has 3 aromatic heterocycles. The largest absolute Gasteiger partial charge is 0.304 e. The van der Waals surface area contributed by atoms with Gasteiger partial charge in [0, 0.05) is 25.1 Å². The summed E-state index contributed by atoms with van der Waals surface area (Å²) < 4.78 is 0. The van der Waals surface area contributed by atoms with E-state index >= 15 is 0 Å². The number of hydrogen-bond donors (Lipinski definition) is 1. The fourth-order valence-electron chi connectivity index (χ4n) is 2.97. The van der Waals surface area contributed by atoms with Crippen LogP contribution in [0.3, 0.4) is 0 Å². The molecule has 0 amide bonds. The summed E-state index contributed by atoms with van der Waals surface area (Å²) >= 11 is 1.73. The van der Waals surface area contributed by atoms with Crippen LogP contribution < -0.4 is 5.32 Å². The average molecular weight is 360 g/mol. The molecule has 1 aromatic carbocycles. The number of hydrogen-bond acceptors (Lipinski definition) is 5. The summed E-state index contributed by atoms with van der Waals surface area (Å²) in [4.78, 5) is 13.4. The monoisotopic (exact) mass is 360 g/mol. The van der Waals surface area contributed by atoms with Crippen LogP contribution in [0.4, 0.5) is 0 Å². The second kappa shape index (κ2) is 7.72. The molecule has 0 aliphatic heterocycles. The average Bonchev–Trinajstić information content (AvgIpc) is 3.19. The SMILES string of the molecule is Cc1ccc(C(Cc2ccsc2)NCc2ccc3nccnc3c2)nc1. The highest BCUT2D eigenvalue weighted by Gasteiger charge is 2.14. The van der Waals surface area contributed by atoms with Crippen LogP contribution in [0.1, 0.15) is 28.4 Å². The highest BCUT2D eigenvalue weighted by molar-refractivity contribution is 7.07. The number of nitrogens with one attached hydrogen (secondary N) is 1. The Morgan fingerprint density at radius 3 is 2.62 bits per heavy atom. The number of fused-ring (bicyclic) bond motifs is 1. The van der Waals surface area contributed by atoms with Gasteiger partial charge in [-0.2, -0.15) is 11.3 Å². The van der Waals surface area contributed by atoms with Crippen LogP contribution in [0, 0.1) is 6.92 Å². The minimum absolute atomic E-state index is 0.169. The summed E-state index contributed by atoms with van der Waals surface area (Å²) in [6.45, 7) is 2.82. The van der Waals surface area contributed by atoms with Crippen molar-refractivity contribution in [2.45, 2.75) is 25.9 Å². The summed E-state index contributed by atoms with van der Waals surface area (Å²) in [5.74, 6) is 0. The molecule has 0 bridgehead atoms. The van der Waals surface area contributed by atoms with Crippen LogP contribution in [0.15, 0.2) is 65.7 Å². The molecule has 0 aliphatic rings. The lowest BCUT2D eigenvalue weighted by Crippen LogP contribution is -2.23. The second-order valence-corrected chi connectivity index (χ2v) is 7.19. The van der Waals surface area contributed by atoms with Crippen molar-refractivity contribution in [2.75, 3.05) is 0 Å². The zero-order chi connectivity index (χ0) is 17.8. The number of rotatable bonds is 6. The van der Waals surface area contributed by atoms with Gasteiger partial charge in [0.25, 0.3) is 0 Å². The van der Waals surface area contributed by atoms with Crippen molar-refractivity contribution in [3.8, 4) is 0 Å². The Bertz CT molecular complexity index is 981. The summed E-state index contributed by atoms with van der Waals surface area (Å²) in [5, 5.41) is 7.99. The van der Waals surface area contributed by atoms with Crippen LogP contribution in [-0.2, 0) is 13.0 Å². The van der Waals surface area contributed by atoms with Crippen molar-refractivity contribution >= 4 is 22.4 Å². The maximum Gasteiger partial charge on any atom is 0.0890 e. The molecule has 0 saturated heterocycles. The number of nitrogens with zero attached hydrogens (tertiary/aromatic N) is 3. The number of thiophene rings is 1. The summed E-state index contributed by atoms with van der Waals surface area (Å²) in [6.07, 6.45) is 6.31. The molecule has 0 saturated carbocycles. The zero-order valence-corrected chi connectivity index (χ0v) is 15.4. The molecule has 1 unspecified atom stereocenters. The van der Waals surface area contributed by atoms with E-state index in [0.717, 1.165) is 29.7 Å². The van der Waals surface area contributed by atoms with Crippen molar-refractivity contribution in [3.63, 3.8) is 0 Å². The summed E-state index contributed by atoms with van der Waals surface area (Å²) in [6, 6.07) is 12.8. The molecule has 130 valence electrons. The molecule has 4 rings (SSSR count). The van der Waals surface area contributed by atoms with E-state index in [1.54, 1.807) is 23.7 Å². The predicted molar refractivity (Wildman–Crippen MR) is 106 cm³/mol. The molecule has 5 heteroatoms. The Balaban J connectivity index is 1.54. The van der Waals surface area contributed by atoms with Crippen LogP contribution in [-0.4, -0.2) is 15.0 Å². The van der Waals surface area contributed by atoms with E-state index in [9.17, 15) is 0 Å². The third kappa shape index (κ3) is 3.95. The van der Waals surface area contributed by atoms with Crippen molar-refractivity contribution in [1.29, 1.82) is 0 Å². The topological polar surface area (TPSA) is 50.7 Å². The molecule has 0 aliphatic carbocycles. The van der Waals surface area contributed by atoms with Gasteiger partial charge in [0.1, 0.15) is 0 Å². The van der Waals surface area contributed by atoms with Gasteiger partial charge in [0.15, 0.2) is 0 Å². The normalized spacial score (nSPS) is 12.3. The van der Waals surface area contributed by atoms with Crippen molar-refractivity contribution in [3.05, 3.63) is 88.1 Å². The van der Waals surface area contributed by atoms with Gasteiger partial charge in [-0.3, -0.25) is 15.0 Å². The standard InChI is InChI=1S/C21H20N4S/c1-15-2-4-19(24-12-15)21(11-17-6-9-26-14-17)25-13-16-3-5-18-20(10-16)23-8-7-22-18/h2-10,12,14,21,25H,11,13H2,1H3.